The third-order valence-corrected chi connectivity index (χ3v) is 8.59. The van der Waals surface area contributed by atoms with Gasteiger partial charge in [-0.3, -0.25) is 4.99 Å². The Bertz CT molecular complexity index is 635. The number of fused-ring (bicyclic) bond motifs is 2. The molecule has 29 heavy (non-hydrogen) atoms. The third-order valence-electron chi connectivity index (χ3n) is 8.59. The molecule has 0 bridgehead atoms. The lowest BCUT2D eigenvalue weighted by Crippen LogP contribution is -2.42. The van der Waals surface area contributed by atoms with Gasteiger partial charge in [-0.25, -0.2) is 4.99 Å². The number of hydrogen-bond acceptors (Lipinski definition) is 3. The summed E-state index contributed by atoms with van der Waals surface area (Å²) < 4.78 is 0. The van der Waals surface area contributed by atoms with Gasteiger partial charge in [0.2, 0.25) is 0 Å². The highest BCUT2D eigenvalue weighted by molar-refractivity contribution is 5.90. The molecule has 1 unspecified atom stereocenters. The maximum atomic E-state index is 5.16. The van der Waals surface area contributed by atoms with Gasteiger partial charge in [0.25, 0.3) is 0 Å². The molecule has 0 radical (unpaired) electrons. The Balaban J connectivity index is 1.29. The van der Waals surface area contributed by atoms with Crippen LogP contribution in [-0.4, -0.2) is 65.9 Å². The minimum Gasteiger partial charge on any atom is -0.357 e. The van der Waals surface area contributed by atoms with Crippen LogP contribution in [-0.2, 0) is 0 Å². The van der Waals surface area contributed by atoms with Gasteiger partial charge in [-0.1, -0.05) is 45.4 Å². The predicted octanol–water partition coefficient (Wildman–Crippen LogP) is 4.04. The normalized spacial score (nSPS) is 41.2. The second-order valence-electron chi connectivity index (χ2n) is 10.6. The van der Waals surface area contributed by atoms with Gasteiger partial charge in [-0.05, 0) is 50.4 Å². The maximum Gasteiger partial charge on any atom is 0.195 e. The Morgan fingerprint density at radius 2 is 1.66 bits per heavy atom. The van der Waals surface area contributed by atoms with E-state index >= 15 is 0 Å². The minimum atomic E-state index is 0.531. The lowest BCUT2D eigenvalue weighted by Gasteiger charge is -2.35. The van der Waals surface area contributed by atoms with Gasteiger partial charge in [0.1, 0.15) is 12.4 Å². The van der Waals surface area contributed by atoms with E-state index in [1.807, 2.05) is 0 Å². The van der Waals surface area contributed by atoms with Crippen molar-refractivity contribution in [3.8, 4) is 0 Å². The highest BCUT2D eigenvalue weighted by Crippen LogP contribution is 2.34. The molecular weight excluding hydrogens is 358 g/mol. The van der Waals surface area contributed by atoms with Crippen LogP contribution in [0.4, 0.5) is 0 Å². The van der Waals surface area contributed by atoms with Crippen LogP contribution < -0.4 is 5.32 Å². The van der Waals surface area contributed by atoms with Gasteiger partial charge in [0.05, 0.1) is 18.1 Å². The van der Waals surface area contributed by atoms with Gasteiger partial charge in [-0.2, -0.15) is 0 Å². The number of guanidine groups is 1. The number of nitrogens with zero attached hydrogens (tertiary/aromatic N) is 4. The predicted molar refractivity (Wildman–Crippen MR) is 121 cm³/mol. The van der Waals surface area contributed by atoms with Crippen LogP contribution in [0.5, 0.6) is 0 Å². The van der Waals surface area contributed by atoms with Crippen molar-refractivity contribution in [1.29, 1.82) is 0 Å². The SMILES string of the molecule is CC1CCC(CN2C(=NCC3=N[C@@H]4CCCCC4N3C)N[C@H]3CCCC[C@H]32)CC1. The second-order valence-corrected chi connectivity index (χ2v) is 10.6. The molecule has 0 amide bonds. The van der Waals surface area contributed by atoms with Gasteiger partial charge in [0, 0.05) is 19.6 Å². The molecule has 0 aromatic heterocycles. The first kappa shape index (κ1) is 19.7. The molecular formula is C24H41N5. The molecule has 5 heteroatoms. The number of likely N-dealkylation sites (N-methyl/N-ethyl adjacent to an activating group) is 1. The molecule has 1 N–H and O–H groups in total. The molecule has 3 aliphatic carbocycles. The van der Waals surface area contributed by atoms with Crippen LogP contribution in [0, 0.1) is 11.8 Å². The lowest BCUT2D eigenvalue weighted by atomic mass is 9.82. The Morgan fingerprint density at radius 3 is 2.45 bits per heavy atom. The monoisotopic (exact) mass is 399 g/mol. The van der Waals surface area contributed by atoms with E-state index in [1.165, 1.54) is 95.4 Å². The van der Waals surface area contributed by atoms with Crippen LogP contribution >= 0.6 is 0 Å². The molecule has 5 nitrogen and oxygen atoms in total. The molecule has 0 aromatic carbocycles. The first-order valence-corrected chi connectivity index (χ1v) is 12.6. The number of aliphatic imine (C=N–C) groups is 2. The van der Waals surface area contributed by atoms with Crippen LogP contribution in [0.1, 0.15) is 84.0 Å². The van der Waals surface area contributed by atoms with Crippen molar-refractivity contribution >= 4 is 11.8 Å². The molecule has 0 spiro atoms. The quantitative estimate of drug-likeness (QED) is 0.776. The Hall–Kier alpha value is -1.26. The molecule has 5 aliphatic rings. The van der Waals surface area contributed by atoms with Crippen molar-refractivity contribution < 1.29 is 0 Å². The Morgan fingerprint density at radius 1 is 0.931 bits per heavy atom. The summed E-state index contributed by atoms with van der Waals surface area (Å²) in [6, 6.07) is 2.46. The average Bonchev–Trinajstić information content (AvgIpc) is 3.26. The number of amidine groups is 1. The van der Waals surface area contributed by atoms with Crippen molar-refractivity contribution in [1.82, 2.24) is 15.1 Å². The van der Waals surface area contributed by atoms with E-state index in [9.17, 15) is 0 Å². The van der Waals surface area contributed by atoms with Crippen LogP contribution in [0.2, 0.25) is 0 Å². The van der Waals surface area contributed by atoms with Gasteiger partial charge in [0.15, 0.2) is 5.96 Å². The molecule has 4 atom stereocenters. The summed E-state index contributed by atoms with van der Waals surface area (Å²) >= 11 is 0. The molecule has 3 saturated carbocycles. The highest BCUT2D eigenvalue weighted by atomic mass is 15.4. The molecule has 0 aromatic rings. The summed E-state index contributed by atoms with van der Waals surface area (Å²) in [5.41, 5.74) is 0. The number of rotatable bonds is 4. The van der Waals surface area contributed by atoms with E-state index in [2.05, 4.69) is 29.1 Å². The lowest BCUT2D eigenvalue weighted by molar-refractivity contribution is 0.188. The smallest absolute Gasteiger partial charge is 0.195 e. The summed E-state index contributed by atoms with van der Waals surface area (Å²) in [6.45, 7) is 4.39. The maximum absolute atomic E-state index is 5.16. The van der Waals surface area contributed by atoms with Gasteiger partial charge >= 0.3 is 0 Å². The van der Waals surface area contributed by atoms with E-state index in [4.69, 9.17) is 9.98 Å². The van der Waals surface area contributed by atoms with Crippen LogP contribution in [0.15, 0.2) is 9.98 Å². The van der Waals surface area contributed by atoms with E-state index in [0.29, 0.717) is 24.2 Å². The molecule has 1 saturated heterocycles. The summed E-state index contributed by atoms with van der Waals surface area (Å²) in [6.07, 6.45) is 16.3. The van der Waals surface area contributed by atoms with E-state index < -0.39 is 0 Å². The van der Waals surface area contributed by atoms with E-state index in [1.54, 1.807) is 0 Å². The zero-order chi connectivity index (χ0) is 19.8. The molecule has 5 rings (SSSR count). The zero-order valence-corrected chi connectivity index (χ0v) is 18.7. The van der Waals surface area contributed by atoms with Crippen molar-refractivity contribution in [2.24, 2.45) is 21.8 Å². The van der Waals surface area contributed by atoms with Crippen molar-refractivity contribution in [2.75, 3.05) is 20.1 Å². The topological polar surface area (TPSA) is 43.2 Å². The summed E-state index contributed by atoms with van der Waals surface area (Å²) in [7, 11) is 2.25. The van der Waals surface area contributed by atoms with E-state index in [0.717, 1.165) is 18.4 Å². The molecule has 2 aliphatic heterocycles. The summed E-state index contributed by atoms with van der Waals surface area (Å²) in [4.78, 5) is 15.4. The fraction of sp³-hybridized carbons (Fsp3) is 0.917. The zero-order valence-electron chi connectivity index (χ0n) is 18.7. The highest BCUT2D eigenvalue weighted by Gasteiger charge is 2.41. The van der Waals surface area contributed by atoms with Crippen LogP contribution in [0.3, 0.4) is 0 Å². The minimum absolute atomic E-state index is 0.531. The summed E-state index contributed by atoms with van der Waals surface area (Å²) in [5, 5.41) is 3.85. The van der Waals surface area contributed by atoms with Crippen molar-refractivity contribution in [3.63, 3.8) is 0 Å². The number of hydrogen-bond donors (Lipinski definition) is 1. The van der Waals surface area contributed by atoms with Crippen molar-refractivity contribution in [2.45, 2.75) is 108 Å². The fourth-order valence-corrected chi connectivity index (χ4v) is 6.67. The molecule has 4 fully saturated rings. The largest absolute Gasteiger partial charge is 0.357 e. The molecule has 162 valence electrons. The van der Waals surface area contributed by atoms with Gasteiger partial charge < -0.3 is 15.1 Å². The number of nitrogens with one attached hydrogen (secondary N) is 1. The fourth-order valence-electron chi connectivity index (χ4n) is 6.67. The average molecular weight is 400 g/mol. The van der Waals surface area contributed by atoms with Crippen LogP contribution in [0.25, 0.3) is 0 Å². The standard InChI is InChI=1S/C24H41N5/c1-17-11-13-18(14-12-17)16-29-22-10-6-4-8-20(22)27-24(29)25-15-23-26-19-7-3-5-9-21(19)28(23)2/h17-22H,3-16H2,1-2H3,(H,25,27)/t17?,18?,19-,20+,21?,22-/m1/s1. The third kappa shape index (κ3) is 4.03. The first-order valence-electron chi connectivity index (χ1n) is 12.6. The van der Waals surface area contributed by atoms with Gasteiger partial charge in [-0.15, -0.1) is 0 Å². The van der Waals surface area contributed by atoms with E-state index in [-0.39, 0.29) is 0 Å². The van der Waals surface area contributed by atoms with Crippen molar-refractivity contribution in [3.05, 3.63) is 0 Å². The Labute approximate surface area is 177 Å². The second kappa shape index (κ2) is 8.47. The summed E-state index contributed by atoms with van der Waals surface area (Å²) in [5.74, 6) is 4.19. The first-order chi connectivity index (χ1) is 14.2. The molecule has 2 heterocycles. The Kier molecular flexibility index (Phi) is 5.75.